The molecule has 0 aliphatic rings. The van der Waals surface area contributed by atoms with Crippen LogP contribution in [0.2, 0.25) is 0 Å². The van der Waals surface area contributed by atoms with Gasteiger partial charge < -0.3 is 5.43 Å². The van der Waals surface area contributed by atoms with Gasteiger partial charge in [-0.3, -0.25) is 9.82 Å². The first kappa shape index (κ1) is 12.8. The maximum Gasteiger partial charge on any atom is 0.265 e. The summed E-state index contributed by atoms with van der Waals surface area (Å²) in [6.45, 7) is 0. The Bertz CT molecular complexity index is 642. The summed E-state index contributed by atoms with van der Waals surface area (Å²) in [5.41, 5.74) is 2.55. The molecule has 96 valence electrons. The fraction of sp³-hybridized carbons (Fsp3) is 0. The molecule has 10 heteroatoms. The van der Waals surface area contributed by atoms with Crippen molar-refractivity contribution in [2.45, 2.75) is 4.90 Å². The summed E-state index contributed by atoms with van der Waals surface area (Å²) >= 11 is 3.15. The van der Waals surface area contributed by atoms with Crippen LogP contribution in [-0.2, 0) is 10.0 Å². The van der Waals surface area contributed by atoms with E-state index in [1.807, 2.05) is 0 Å². The summed E-state index contributed by atoms with van der Waals surface area (Å²) in [6.07, 6.45) is 4.20. The predicted molar refractivity (Wildman–Crippen MR) is 69.1 cm³/mol. The lowest BCUT2D eigenvalue weighted by atomic mass is 10.5. The molecule has 0 amide bonds. The molecule has 2 aromatic heterocycles. The number of nitrogens with two attached hydrogens (primary N) is 1. The van der Waals surface area contributed by atoms with Crippen LogP contribution in [0.1, 0.15) is 0 Å². The largest absolute Gasteiger partial charge is 0.307 e. The van der Waals surface area contributed by atoms with Crippen LogP contribution in [0.4, 0.5) is 11.5 Å². The minimum absolute atomic E-state index is 0.0502. The van der Waals surface area contributed by atoms with Crippen molar-refractivity contribution >= 4 is 37.5 Å². The van der Waals surface area contributed by atoms with E-state index in [4.69, 9.17) is 5.84 Å². The number of halogens is 1. The summed E-state index contributed by atoms with van der Waals surface area (Å²) in [4.78, 5) is 3.80. The summed E-state index contributed by atoms with van der Waals surface area (Å²) in [5.74, 6) is 5.28. The third kappa shape index (κ3) is 2.60. The first-order valence-electron chi connectivity index (χ1n) is 4.66. The number of H-pyrrole nitrogens is 1. The molecule has 0 fully saturated rings. The molecule has 5 N–H and O–H groups in total. The van der Waals surface area contributed by atoms with E-state index < -0.39 is 10.0 Å². The van der Waals surface area contributed by atoms with E-state index >= 15 is 0 Å². The quantitative estimate of drug-likeness (QED) is 0.481. The zero-order chi connectivity index (χ0) is 13.2. The average Bonchev–Trinajstić information content (AvgIpc) is 2.81. The number of nitrogen functional groups attached to an aromatic ring is 1. The maximum atomic E-state index is 12.1. The van der Waals surface area contributed by atoms with E-state index in [9.17, 15) is 8.42 Å². The van der Waals surface area contributed by atoms with Crippen LogP contribution in [0.5, 0.6) is 0 Å². The van der Waals surface area contributed by atoms with Gasteiger partial charge in [0.1, 0.15) is 4.90 Å². The number of aromatic nitrogens is 3. The van der Waals surface area contributed by atoms with Crippen LogP contribution in [0.3, 0.4) is 0 Å². The molecule has 0 aromatic carbocycles. The fourth-order valence-electron chi connectivity index (χ4n) is 1.25. The zero-order valence-electron chi connectivity index (χ0n) is 8.88. The molecule has 18 heavy (non-hydrogen) atoms. The lowest BCUT2D eigenvalue weighted by Gasteiger charge is -2.10. The van der Waals surface area contributed by atoms with Gasteiger partial charge in [0.05, 0.1) is 11.9 Å². The summed E-state index contributed by atoms with van der Waals surface area (Å²) in [6, 6.07) is 1.39. The van der Waals surface area contributed by atoms with Gasteiger partial charge in [0.25, 0.3) is 10.0 Å². The highest BCUT2D eigenvalue weighted by Crippen LogP contribution is 2.24. The molecule has 0 unspecified atom stereocenters. The van der Waals surface area contributed by atoms with Crippen LogP contribution in [0, 0.1) is 0 Å². The van der Waals surface area contributed by atoms with Gasteiger partial charge in [-0.25, -0.2) is 19.2 Å². The lowest BCUT2D eigenvalue weighted by Crippen LogP contribution is -2.18. The van der Waals surface area contributed by atoms with Gasteiger partial charge in [-0.05, 0) is 22.0 Å². The number of hydrogen-bond donors (Lipinski definition) is 4. The SMILES string of the molecule is NNc1ncc(Br)cc1S(=O)(=O)Nc1cn[nH]c1. The Morgan fingerprint density at radius 3 is 2.78 bits per heavy atom. The molecule has 0 saturated heterocycles. The van der Waals surface area contributed by atoms with Crippen LogP contribution in [0.15, 0.2) is 34.0 Å². The highest BCUT2D eigenvalue weighted by molar-refractivity contribution is 9.10. The van der Waals surface area contributed by atoms with E-state index in [-0.39, 0.29) is 10.7 Å². The van der Waals surface area contributed by atoms with Gasteiger partial charge in [-0.15, -0.1) is 0 Å². The number of sulfonamides is 1. The monoisotopic (exact) mass is 332 g/mol. The van der Waals surface area contributed by atoms with Crippen molar-refractivity contribution in [3.05, 3.63) is 29.1 Å². The van der Waals surface area contributed by atoms with Crippen molar-refractivity contribution in [3.63, 3.8) is 0 Å². The molecule has 0 bridgehead atoms. The van der Waals surface area contributed by atoms with Crippen molar-refractivity contribution < 1.29 is 8.42 Å². The standard InChI is InChI=1S/C8H9BrN6O2S/c9-5-1-7(8(14-10)11-2-5)18(16,17)15-6-3-12-13-4-6/h1-4,15H,10H2,(H,11,14)(H,12,13). The van der Waals surface area contributed by atoms with Crippen molar-refractivity contribution in [2.75, 3.05) is 10.1 Å². The molecule has 0 aliphatic carbocycles. The Morgan fingerprint density at radius 2 is 2.17 bits per heavy atom. The molecule has 0 radical (unpaired) electrons. The van der Waals surface area contributed by atoms with Gasteiger partial charge in [0, 0.05) is 16.9 Å². The minimum atomic E-state index is -3.79. The molecule has 0 atom stereocenters. The van der Waals surface area contributed by atoms with Gasteiger partial charge >= 0.3 is 0 Å². The third-order valence-electron chi connectivity index (χ3n) is 2.00. The second-order valence-corrected chi connectivity index (χ2v) is 5.80. The molecule has 2 heterocycles. The summed E-state index contributed by atoms with van der Waals surface area (Å²) < 4.78 is 27.1. The van der Waals surface area contributed by atoms with Crippen molar-refractivity contribution in [3.8, 4) is 0 Å². The van der Waals surface area contributed by atoms with E-state index in [1.54, 1.807) is 0 Å². The minimum Gasteiger partial charge on any atom is -0.307 e. The maximum absolute atomic E-state index is 12.1. The summed E-state index contributed by atoms with van der Waals surface area (Å²) in [7, 11) is -3.79. The number of hydrazine groups is 1. The van der Waals surface area contributed by atoms with Gasteiger partial charge in [-0.2, -0.15) is 5.10 Å². The number of rotatable bonds is 4. The van der Waals surface area contributed by atoms with E-state index in [1.165, 1.54) is 24.7 Å². The number of nitrogens with one attached hydrogen (secondary N) is 3. The molecule has 0 spiro atoms. The Morgan fingerprint density at radius 1 is 1.39 bits per heavy atom. The Hall–Kier alpha value is -1.65. The summed E-state index contributed by atoms with van der Waals surface area (Å²) in [5, 5.41) is 6.14. The van der Waals surface area contributed by atoms with Crippen molar-refractivity contribution in [1.29, 1.82) is 0 Å². The van der Waals surface area contributed by atoms with Crippen molar-refractivity contribution in [2.24, 2.45) is 5.84 Å². The second-order valence-electron chi connectivity index (χ2n) is 3.24. The topological polar surface area (TPSA) is 126 Å². The molecule has 2 rings (SSSR count). The van der Waals surface area contributed by atoms with Gasteiger partial charge in [-0.1, -0.05) is 0 Å². The highest BCUT2D eigenvalue weighted by Gasteiger charge is 2.20. The van der Waals surface area contributed by atoms with Crippen molar-refractivity contribution in [1.82, 2.24) is 15.2 Å². The predicted octanol–water partition coefficient (Wildman–Crippen LogP) is 0.654. The molecular formula is C8H9BrN6O2S. The van der Waals surface area contributed by atoms with E-state index in [0.29, 0.717) is 10.2 Å². The van der Waals surface area contributed by atoms with Crippen LogP contribution >= 0.6 is 15.9 Å². The fourth-order valence-corrected chi connectivity index (χ4v) is 2.91. The van der Waals surface area contributed by atoms with Gasteiger partial charge in [0.2, 0.25) is 0 Å². The number of pyridine rings is 1. The van der Waals surface area contributed by atoms with Gasteiger partial charge in [0.15, 0.2) is 5.82 Å². The number of nitrogens with zero attached hydrogens (tertiary/aromatic N) is 2. The number of aromatic amines is 1. The smallest absolute Gasteiger partial charge is 0.265 e. The normalized spacial score (nSPS) is 11.2. The van der Waals surface area contributed by atoms with Crippen LogP contribution in [0.25, 0.3) is 0 Å². The Balaban J connectivity index is 2.43. The average molecular weight is 333 g/mol. The van der Waals surface area contributed by atoms with E-state index in [0.717, 1.165) is 0 Å². The zero-order valence-corrected chi connectivity index (χ0v) is 11.3. The number of anilines is 2. The van der Waals surface area contributed by atoms with Crippen LogP contribution < -0.4 is 16.0 Å². The highest BCUT2D eigenvalue weighted by atomic mass is 79.9. The molecule has 8 nitrogen and oxygen atoms in total. The Kier molecular flexibility index (Phi) is 3.50. The third-order valence-corrected chi connectivity index (χ3v) is 3.82. The first-order valence-corrected chi connectivity index (χ1v) is 6.94. The second kappa shape index (κ2) is 4.92. The number of hydrogen-bond acceptors (Lipinski definition) is 6. The first-order chi connectivity index (χ1) is 8.53. The Labute approximate surface area is 111 Å². The van der Waals surface area contributed by atoms with E-state index in [2.05, 4.69) is 41.3 Å². The van der Waals surface area contributed by atoms with Crippen LogP contribution in [-0.4, -0.2) is 23.6 Å². The molecule has 0 aliphatic heterocycles. The molecule has 0 saturated carbocycles. The molecule has 2 aromatic rings. The molecular weight excluding hydrogens is 324 g/mol. The lowest BCUT2D eigenvalue weighted by molar-refractivity contribution is 0.601.